The maximum atomic E-state index is 13.6. The molecule has 1 aromatic heterocycles. The maximum Gasteiger partial charge on any atom is 0.305 e. The van der Waals surface area contributed by atoms with Crippen molar-refractivity contribution in [1.29, 1.82) is 0 Å². The highest BCUT2D eigenvalue weighted by molar-refractivity contribution is 7.63. The average Bonchev–Trinajstić information content (AvgIpc) is 2.77. The molecule has 0 fully saturated rings. The van der Waals surface area contributed by atoms with Gasteiger partial charge in [0.1, 0.15) is 5.82 Å². The summed E-state index contributed by atoms with van der Waals surface area (Å²) in [6.07, 6.45) is -2.82. The second-order valence-corrected chi connectivity index (χ2v) is 10.7. The van der Waals surface area contributed by atoms with Crippen LogP contribution < -0.4 is 0 Å². The number of carboxylic acid groups (broad SMARTS) is 1. The van der Waals surface area contributed by atoms with Gasteiger partial charge < -0.3 is 15.1 Å². The number of aromatic nitrogens is 1. The topological polar surface area (TPSA) is 108 Å². The summed E-state index contributed by atoms with van der Waals surface area (Å²) in [5, 5.41) is 18.6. The number of aliphatic carboxylic acids is 1. The Morgan fingerprint density at radius 2 is 1.77 bits per heavy atom. The van der Waals surface area contributed by atoms with Crippen molar-refractivity contribution >= 4 is 13.3 Å². The van der Waals surface area contributed by atoms with Crippen molar-refractivity contribution in [2.24, 2.45) is 0 Å². The summed E-state index contributed by atoms with van der Waals surface area (Å²) in [5.74, 6) is 1.02. The molecule has 0 aliphatic carbocycles. The Bertz CT molecular complexity index is 1340. The van der Waals surface area contributed by atoms with Gasteiger partial charge in [0.15, 0.2) is 0 Å². The minimum atomic E-state index is -4.18. The van der Waals surface area contributed by atoms with Crippen LogP contribution in [-0.2, 0) is 9.36 Å². The Labute approximate surface area is 203 Å². The Kier molecular flexibility index (Phi) is 8.24. The molecule has 6 nitrogen and oxygen atoms in total. The lowest BCUT2D eigenvalue weighted by molar-refractivity contribution is -0.138. The number of hydrogen-bond donors (Lipinski definition) is 3. The molecule has 2 atom stereocenters. The largest absolute Gasteiger partial charge is 0.481 e. The molecule has 2 aromatic carbocycles. The highest BCUT2D eigenvalue weighted by Crippen LogP contribution is 2.41. The average molecular weight is 495 g/mol. The number of aryl methyl sites for hydroxylation is 1. The predicted molar refractivity (Wildman–Crippen MR) is 134 cm³/mol. The summed E-state index contributed by atoms with van der Waals surface area (Å²) in [6, 6.07) is 15.5. The zero-order valence-corrected chi connectivity index (χ0v) is 20.6. The van der Waals surface area contributed by atoms with Crippen LogP contribution in [0.25, 0.3) is 22.4 Å². The second-order valence-electron chi connectivity index (χ2n) is 8.66. The molecule has 0 amide bonds. The fourth-order valence-electron chi connectivity index (χ4n) is 3.71. The number of pyridine rings is 1. The highest BCUT2D eigenvalue weighted by Gasteiger charge is 2.23. The number of halogens is 1. The normalized spacial score (nSPS) is 13.6. The van der Waals surface area contributed by atoms with E-state index in [1.165, 1.54) is 12.1 Å². The first kappa shape index (κ1) is 26.3. The minimum absolute atomic E-state index is 0.0989. The fraction of sp³-hybridized carbons (Fsp3) is 0.259. The summed E-state index contributed by atoms with van der Waals surface area (Å²) in [7, 11) is -4.18. The van der Waals surface area contributed by atoms with Gasteiger partial charge in [-0.15, -0.1) is 0 Å². The number of carbonyl (C=O) groups is 1. The van der Waals surface area contributed by atoms with E-state index in [-0.39, 0.29) is 5.92 Å². The molecule has 3 aromatic rings. The lowest BCUT2D eigenvalue weighted by atomic mass is 9.92. The van der Waals surface area contributed by atoms with Crippen molar-refractivity contribution in [2.75, 3.05) is 6.16 Å². The molecule has 35 heavy (non-hydrogen) atoms. The van der Waals surface area contributed by atoms with E-state index in [4.69, 9.17) is 10.1 Å². The van der Waals surface area contributed by atoms with Gasteiger partial charge in [0, 0.05) is 11.1 Å². The molecule has 1 heterocycles. The van der Waals surface area contributed by atoms with E-state index in [9.17, 15) is 23.7 Å². The number of aliphatic hydroxyl groups is 1. The standard InChI is InChI=1S/C27H27FNO5P/c1-17(2)27-23(12-13-35(33,34)16-21(30)14-26(31)32)24(19-8-10-20(28)11-9-19)15-25(29-27)22-7-5-4-6-18(22)3/h4-11,15,17,21,30H,14,16H2,1-3H3,(H,31,32)(H,33,34)/t21-/m1/s1. The smallest absolute Gasteiger partial charge is 0.305 e. The quantitative estimate of drug-likeness (QED) is 0.299. The van der Waals surface area contributed by atoms with Crippen LogP contribution in [0.15, 0.2) is 54.6 Å². The minimum Gasteiger partial charge on any atom is -0.481 e. The van der Waals surface area contributed by atoms with Crippen LogP contribution in [0, 0.1) is 24.3 Å². The molecule has 0 saturated carbocycles. The van der Waals surface area contributed by atoms with E-state index in [0.717, 1.165) is 11.1 Å². The first-order valence-electron chi connectivity index (χ1n) is 11.1. The SMILES string of the molecule is Cc1ccccc1-c1cc(-c2ccc(F)cc2)c(C#CP(=O)(O)C[C@H](O)CC(=O)O)c(C(C)C)n1. The first-order chi connectivity index (χ1) is 16.5. The van der Waals surface area contributed by atoms with Gasteiger partial charge in [0.25, 0.3) is 7.37 Å². The summed E-state index contributed by atoms with van der Waals surface area (Å²) < 4.78 is 26.3. The van der Waals surface area contributed by atoms with Crippen LogP contribution in [0.4, 0.5) is 4.39 Å². The number of nitrogens with zero attached hydrogens (tertiary/aromatic N) is 1. The molecule has 0 radical (unpaired) electrons. The maximum absolute atomic E-state index is 13.6. The first-order valence-corrected chi connectivity index (χ1v) is 12.9. The number of benzene rings is 2. The molecule has 0 bridgehead atoms. The lowest BCUT2D eigenvalue weighted by Crippen LogP contribution is -2.17. The zero-order valence-electron chi connectivity index (χ0n) is 19.7. The third-order valence-corrected chi connectivity index (χ3v) is 6.77. The number of aliphatic hydroxyl groups excluding tert-OH is 1. The second kappa shape index (κ2) is 11.0. The Hall–Kier alpha value is -3.30. The van der Waals surface area contributed by atoms with Gasteiger partial charge in [-0.2, -0.15) is 0 Å². The third kappa shape index (κ3) is 6.86. The van der Waals surface area contributed by atoms with Crippen molar-refractivity contribution in [3.63, 3.8) is 0 Å². The van der Waals surface area contributed by atoms with Gasteiger partial charge in [-0.25, -0.2) is 4.39 Å². The molecule has 1 unspecified atom stereocenters. The molecule has 0 saturated heterocycles. The summed E-state index contributed by atoms with van der Waals surface area (Å²) in [6.45, 7) is 5.83. The van der Waals surface area contributed by atoms with Gasteiger partial charge >= 0.3 is 5.97 Å². The van der Waals surface area contributed by atoms with E-state index in [0.29, 0.717) is 28.1 Å². The summed E-state index contributed by atoms with van der Waals surface area (Å²) >= 11 is 0. The Morgan fingerprint density at radius 3 is 2.37 bits per heavy atom. The molecular formula is C27H27FNO5P. The van der Waals surface area contributed by atoms with Crippen LogP contribution >= 0.6 is 7.37 Å². The van der Waals surface area contributed by atoms with Crippen LogP contribution in [0.1, 0.15) is 43.0 Å². The van der Waals surface area contributed by atoms with E-state index in [1.807, 2.05) is 51.1 Å². The third-order valence-electron chi connectivity index (χ3n) is 5.39. The van der Waals surface area contributed by atoms with Crippen LogP contribution in [0.3, 0.4) is 0 Å². The van der Waals surface area contributed by atoms with E-state index >= 15 is 0 Å². The lowest BCUT2D eigenvalue weighted by Gasteiger charge is -2.17. The Balaban J connectivity index is 2.21. The number of rotatable bonds is 7. The fourth-order valence-corrected chi connectivity index (χ4v) is 4.79. The molecule has 0 aliphatic heterocycles. The zero-order chi connectivity index (χ0) is 25.8. The van der Waals surface area contributed by atoms with Crippen molar-refractivity contribution in [2.45, 2.75) is 39.2 Å². The van der Waals surface area contributed by atoms with Crippen molar-refractivity contribution in [1.82, 2.24) is 4.98 Å². The monoisotopic (exact) mass is 495 g/mol. The number of carboxylic acids is 1. The van der Waals surface area contributed by atoms with Crippen LogP contribution in [0.2, 0.25) is 0 Å². The van der Waals surface area contributed by atoms with Gasteiger partial charge in [-0.05, 0) is 47.8 Å². The van der Waals surface area contributed by atoms with Gasteiger partial charge in [-0.3, -0.25) is 14.3 Å². The van der Waals surface area contributed by atoms with Crippen molar-refractivity contribution in [3.05, 3.63) is 77.2 Å². The van der Waals surface area contributed by atoms with Gasteiger partial charge in [-0.1, -0.05) is 56.2 Å². The molecule has 0 spiro atoms. The highest BCUT2D eigenvalue weighted by atomic mass is 31.2. The van der Waals surface area contributed by atoms with Crippen molar-refractivity contribution in [3.8, 4) is 34.0 Å². The summed E-state index contributed by atoms with van der Waals surface area (Å²) in [5.41, 5.74) is 7.30. The van der Waals surface area contributed by atoms with E-state index < -0.39 is 37.8 Å². The van der Waals surface area contributed by atoms with Crippen LogP contribution in [-0.4, -0.2) is 38.3 Å². The van der Waals surface area contributed by atoms with Gasteiger partial charge in [0.05, 0.1) is 35.6 Å². The van der Waals surface area contributed by atoms with Gasteiger partial charge in [0.2, 0.25) is 0 Å². The molecule has 0 aliphatic rings. The van der Waals surface area contributed by atoms with E-state index in [2.05, 4.69) is 11.6 Å². The summed E-state index contributed by atoms with van der Waals surface area (Å²) in [4.78, 5) is 25.9. The molecule has 3 N–H and O–H groups in total. The molecule has 182 valence electrons. The molecule has 8 heteroatoms. The number of hydrogen-bond acceptors (Lipinski definition) is 4. The van der Waals surface area contributed by atoms with Crippen molar-refractivity contribution < 1.29 is 28.9 Å². The van der Waals surface area contributed by atoms with E-state index in [1.54, 1.807) is 12.1 Å². The van der Waals surface area contributed by atoms with Crippen LogP contribution in [0.5, 0.6) is 0 Å². The Morgan fingerprint density at radius 1 is 1.11 bits per heavy atom. The molecular weight excluding hydrogens is 468 g/mol. The molecule has 3 rings (SSSR count). The predicted octanol–water partition coefficient (Wildman–Crippen LogP) is 5.40.